The zero-order valence-corrected chi connectivity index (χ0v) is 15.7. The Labute approximate surface area is 156 Å². The number of hydrogen-bond acceptors (Lipinski definition) is 5. The summed E-state index contributed by atoms with van der Waals surface area (Å²) in [5.74, 6) is 0.224. The highest BCUT2D eigenvalue weighted by Gasteiger charge is 2.12. The number of unbranched alkanes of at least 4 members (excludes halogenated alkanes) is 2. The van der Waals surface area contributed by atoms with E-state index in [4.69, 9.17) is 16.3 Å². The first-order chi connectivity index (χ1) is 12.1. The third-order valence-corrected chi connectivity index (χ3v) is 4.60. The van der Waals surface area contributed by atoms with Gasteiger partial charge in [-0.3, -0.25) is 4.79 Å². The van der Waals surface area contributed by atoms with Crippen LogP contribution in [0.15, 0.2) is 29.6 Å². The Morgan fingerprint density at radius 2 is 1.96 bits per heavy atom. The van der Waals surface area contributed by atoms with Gasteiger partial charge in [0.05, 0.1) is 6.61 Å². The maximum Gasteiger partial charge on any atom is 0.357 e. The number of benzene rings is 1. The SMILES string of the molecule is CCOC(=O)c1csc(-c2ccc(NC(=O)CCCCCCl)cc2)n1. The number of nitrogens with zero attached hydrogens (tertiary/aromatic N) is 1. The average molecular weight is 381 g/mol. The van der Waals surface area contributed by atoms with Crippen LogP contribution in [-0.4, -0.2) is 29.3 Å². The summed E-state index contributed by atoms with van der Waals surface area (Å²) in [5.41, 5.74) is 1.95. The molecule has 7 heteroatoms. The lowest BCUT2D eigenvalue weighted by atomic mass is 10.2. The third kappa shape index (κ3) is 6.14. The van der Waals surface area contributed by atoms with Crippen LogP contribution in [0.25, 0.3) is 10.6 Å². The van der Waals surface area contributed by atoms with Crippen molar-refractivity contribution < 1.29 is 14.3 Å². The Bertz CT molecular complexity index is 701. The second kappa shape index (κ2) is 10.2. The number of carbonyl (C=O) groups excluding carboxylic acids is 2. The summed E-state index contributed by atoms with van der Waals surface area (Å²) in [6, 6.07) is 7.41. The van der Waals surface area contributed by atoms with E-state index in [1.807, 2.05) is 24.3 Å². The largest absolute Gasteiger partial charge is 0.461 e. The van der Waals surface area contributed by atoms with Gasteiger partial charge >= 0.3 is 5.97 Å². The molecule has 1 aromatic carbocycles. The van der Waals surface area contributed by atoms with Crippen molar-refractivity contribution in [1.29, 1.82) is 0 Å². The molecule has 0 fully saturated rings. The summed E-state index contributed by atoms with van der Waals surface area (Å²) in [7, 11) is 0. The number of ether oxygens (including phenoxy) is 1. The molecule has 0 atom stereocenters. The van der Waals surface area contributed by atoms with E-state index in [1.165, 1.54) is 11.3 Å². The van der Waals surface area contributed by atoms with Crippen LogP contribution in [0.1, 0.15) is 43.1 Å². The van der Waals surface area contributed by atoms with Gasteiger partial charge in [-0.1, -0.05) is 6.42 Å². The van der Waals surface area contributed by atoms with Gasteiger partial charge in [0.2, 0.25) is 5.91 Å². The molecule has 134 valence electrons. The lowest BCUT2D eigenvalue weighted by molar-refractivity contribution is -0.116. The van der Waals surface area contributed by atoms with Crippen LogP contribution < -0.4 is 5.32 Å². The van der Waals surface area contributed by atoms with Gasteiger partial charge in [-0.2, -0.15) is 0 Å². The summed E-state index contributed by atoms with van der Waals surface area (Å²) in [4.78, 5) is 27.8. The number of anilines is 1. The standard InChI is InChI=1S/C18H21ClN2O3S/c1-2-24-18(23)15-12-25-17(21-15)13-7-9-14(10-8-13)20-16(22)6-4-3-5-11-19/h7-10,12H,2-6,11H2,1H3,(H,20,22). The Hall–Kier alpha value is -1.92. The molecular weight excluding hydrogens is 360 g/mol. The van der Waals surface area contributed by atoms with Gasteiger partial charge in [-0.15, -0.1) is 22.9 Å². The fourth-order valence-electron chi connectivity index (χ4n) is 2.18. The van der Waals surface area contributed by atoms with Crippen molar-refractivity contribution in [3.05, 3.63) is 35.3 Å². The van der Waals surface area contributed by atoms with Gasteiger partial charge in [0.15, 0.2) is 5.69 Å². The lowest BCUT2D eigenvalue weighted by Crippen LogP contribution is -2.10. The van der Waals surface area contributed by atoms with Crippen LogP contribution in [0.4, 0.5) is 5.69 Å². The number of hydrogen-bond donors (Lipinski definition) is 1. The van der Waals surface area contributed by atoms with E-state index < -0.39 is 5.97 Å². The van der Waals surface area contributed by atoms with Gasteiger partial charge in [0, 0.05) is 28.9 Å². The highest BCUT2D eigenvalue weighted by atomic mass is 35.5. The number of esters is 1. The van der Waals surface area contributed by atoms with E-state index in [1.54, 1.807) is 12.3 Å². The molecule has 0 radical (unpaired) electrons. The molecule has 2 aromatic rings. The molecule has 5 nitrogen and oxygen atoms in total. The molecule has 0 bridgehead atoms. The minimum absolute atomic E-state index is 0.00108. The van der Waals surface area contributed by atoms with E-state index in [-0.39, 0.29) is 5.91 Å². The van der Waals surface area contributed by atoms with Crippen molar-refractivity contribution in [1.82, 2.24) is 4.98 Å². The normalized spacial score (nSPS) is 10.5. The second-order valence-electron chi connectivity index (χ2n) is 5.38. The van der Waals surface area contributed by atoms with Crippen LogP contribution >= 0.6 is 22.9 Å². The molecule has 0 saturated heterocycles. The minimum Gasteiger partial charge on any atom is -0.461 e. The number of rotatable bonds is 9. The molecule has 0 saturated carbocycles. The van der Waals surface area contributed by atoms with Crippen LogP contribution in [-0.2, 0) is 9.53 Å². The van der Waals surface area contributed by atoms with Crippen LogP contribution in [0, 0.1) is 0 Å². The van der Waals surface area contributed by atoms with Gasteiger partial charge < -0.3 is 10.1 Å². The van der Waals surface area contributed by atoms with Crippen molar-refractivity contribution in [2.24, 2.45) is 0 Å². The van der Waals surface area contributed by atoms with Crippen LogP contribution in [0.5, 0.6) is 0 Å². The fraction of sp³-hybridized carbons (Fsp3) is 0.389. The number of carbonyl (C=O) groups is 2. The number of halogens is 1. The molecule has 2 rings (SSSR count). The van der Waals surface area contributed by atoms with Crippen molar-refractivity contribution in [2.45, 2.75) is 32.6 Å². The zero-order valence-electron chi connectivity index (χ0n) is 14.1. The fourth-order valence-corrected chi connectivity index (χ4v) is 3.17. The molecule has 0 aliphatic carbocycles. The maximum absolute atomic E-state index is 11.9. The Kier molecular flexibility index (Phi) is 7.88. The van der Waals surface area contributed by atoms with E-state index in [9.17, 15) is 9.59 Å². The molecule has 1 N–H and O–H groups in total. The molecule has 25 heavy (non-hydrogen) atoms. The quantitative estimate of drug-likeness (QED) is 0.388. The molecule has 0 aliphatic heterocycles. The molecule has 1 amide bonds. The number of amides is 1. The minimum atomic E-state index is -0.414. The van der Waals surface area contributed by atoms with Crippen molar-refractivity contribution in [2.75, 3.05) is 17.8 Å². The summed E-state index contributed by atoms with van der Waals surface area (Å²) in [5, 5.41) is 5.30. The van der Waals surface area contributed by atoms with E-state index in [0.717, 1.165) is 35.5 Å². The topological polar surface area (TPSA) is 68.3 Å². The van der Waals surface area contributed by atoms with Crippen LogP contribution in [0.2, 0.25) is 0 Å². The predicted molar refractivity (Wildman–Crippen MR) is 101 cm³/mol. The molecule has 0 unspecified atom stereocenters. The average Bonchev–Trinajstić information content (AvgIpc) is 3.10. The summed E-state index contributed by atoms with van der Waals surface area (Å²) >= 11 is 7.00. The van der Waals surface area contributed by atoms with Gasteiger partial charge in [-0.25, -0.2) is 9.78 Å². The van der Waals surface area contributed by atoms with Gasteiger partial charge in [0.1, 0.15) is 5.01 Å². The lowest BCUT2D eigenvalue weighted by Gasteiger charge is -2.05. The molecule has 0 spiro atoms. The first kappa shape index (κ1) is 19.4. The number of thiazole rings is 1. The zero-order chi connectivity index (χ0) is 18.1. The molecule has 1 heterocycles. The van der Waals surface area contributed by atoms with E-state index >= 15 is 0 Å². The Morgan fingerprint density at radius 1 is 1.20 bits per heavy atom. The Morgan fingerprint density at radius 3 is 2.64 bits per heavy atom. The molecular formula is C18H21ClN2O3S. The van der Waals surface area contributed by atoms with Gasteiger partial charge in [0.25, 0.3) is 0 Å². The Balaban J connectivity index is 1.91. The number of alkyl halides is 1. The van der Waals surface area contributed by atoms with E-state index in [0.29, 0.717) is 24.6 Å². The highest BCUT2D eigenvalue weighted by molar-refractivity contribution is 7.13. The summed E-state index contributed by atoms with van der Waals surface area (Å²) < 4.78 is 4.94. The first-order valence-electron chi connectivity index (χ1n) is 8.23. The first-order valence-corrected chi connectivity index (χ1v) is 9.64. The van der Waals surface area contributed by atoms with Gasteiger partial charge in [-0.05, 0) is 44.0 Å². The van der Waals surface area contributed by atoms with Crippen molar-refractivity contribution in [3.63, 3.8) is 0 Å². The second-order valence-corrected chi connectivity index (χ2v) is 6.62. The summed E-state index contributed by atoms with van der Waals surface area (Å²) in [6.45, 7) is 2.09. The number of nitrogens with one attached hydrogen (secondary N) is 1. The van der Waals surface area contributed by atoms with Crippen molar-refractivity contribution >= 4 is 40.5 Å². The molecule has 0 aliphatic rings. The maximum atomic E-state index is 11.9. The summed E-state index contributed by atoms with van der Waals surface area (Å²) in [6.07, 6.45) is 3.23. The molecule has 1 aromatic heterocycles. The smallest absolute Gasteiger partial charge is 0.357 e. The number of aromatic nitrogens is 1. The highest BCUT2D eigenvalue weighted by Crippen LogP contribution is 2.25. The van der Waals surface area contributed by atoms with Crippen molar-refractivity contribution in [3.8, 4) is 10.6 Å². The predicted octanol–water partition coefficient (Wildman–Crippen LogP) is 4.72. The third-order valence-electron chi connectivity index (χ3n) is 3.44. The van der Waals surface area contributed by atoms with E-state index in [2.05, 4.69) is 10.3 Å². The monoisotopic (exact) mass is 380 g/mol. The van der Waals surface area contributed by atoms with Crippen LogP contribution in [0.3, 0.4) is 0 Å².